The molecule has 6 heteroatoms. The van der Waals surface area contributed by atoms with Crippen LogP contribution in [0.25, 0.3) is 10.9 Å². The predicted octanol–water partition coefficient (Wildman–Crippen LogP) is 3.70. The molecule has 0 saturated heterocycles. The van der Waals surface area contributed by atoms with Crippen LogP contribution in [-0.2, 0) is 5.60 Å². The smallest absolute Gasteiger partial charge is 0.376 e. The van der Waals surface area contributed by atoms with Crippen LogP contribution in [0.1, 0.15) is 12.5 Å². The number of H-pyrrole nitrogens is 1. The second-order valence-electron chi connectivity index (χ2n) is 3.96. The number of halogens is 4. The summed E-state index contributed by atoms with van der Waals surface area (Å²) in [5.74, 6) is 0. The summed E-state index contributed by atoms with van der Waals surface area (Å²) in [6.07, 6.45) is -3.53. The minimum atomic E-state index is -4.71. The maximum absolute atomic E-state index is 12.7. The highest BCUT2D eigenvalue weighted by molar-refractivity contribution is 9.10. The second-order valence-corrected chi connectivity index (χ2v) is 4.88. The lowest BCUT2D eigenvalue weighted by Crippen LogP contribution is -2.39. The van der Waals surface area contributed by atoms with Crippen molar-refractivity contribution in [2.75, 3.05) is 0 Å². The summed E-state index contributed by atoms with van der Waals surface area (Å²) < 4.78 is 38.9. The number of aliphatic hydroxyl groups is 1. The van der Waals surface area contributed by atoms with Gasteiger partial charge in [-0.3, -0.25) is 0 Å². The van der Waals surface area contributed by atoms with Gasteiger partial charge in [0.2, 0.25) is 0 Å². The highest BCUT2D eigenvalue weighted by atomic mass is 79.9. The Morgan fingerprint density at radius 3 is 2.53 bits per heavy atom. The van der Waals surface area contributed by atoms with E-state index in [1.54, 1.807) is 12.1 Å². The molecule has 0 bridgehead atoms. The molecule has 1 aromatic carbocycles. The number of hydrogen-bond acceptors (Lipinski definition) is 1. The van der Waals surface area contributed by atoms with Gasteiger partial charge in [-0.1, -0.05) is 22.0 Å². The summed E-state index contributed by atoms with van der Waals surface area (Å²) in [5.41, 5.74) is -2.49. The summed E-state index contributed by atoms with van der Waals surface area (Å²) in [6, 6.07) is 4.82. The quantitative estimate of drug-likeness (QED) is 0.828. The average molecular weight is 308 g/mol. The van der Waals surface area contributed by atoms with Gasteiger partial charge in [0.05, 0.1) is 0 Å². The van der Waals surface area contributed by atoms with Crippen LogP contribution in [0.2, 0.25) is 0 Å². The van der Waals surface area contributed by atoms with E-state index in [-0.39, 0.29) is 5.56 Å². The van der Waals surface area contributed by atoms with Gasteiger partial charge in [0.15, 0.2) is 5.60 Å². The lowest BCUT2D eigenvalue weighted by atomic mass is 9.95. The first-order chi connectivity index (χ1) is 7.73. The summed E-state index contributed by atoms with van der Waals surface area (Å²) in [5, 5.41) is 9.98. The number of fused-ring (bicyclic) bond motifs is 1. The van der Waals surface area contributed by atoms with Gasteiger partial charge in [0.1, 0.15) is 0 Å². The van der Waals surface area contributed by atoms with Crippen LogP contribution >= 0.6 is 15.9 Å². The summed E-state index contributed by atoms with van der Waals surface area (Å²) in [6.45, 7) is 0.748. The molecule has 0 aliphatic heterocycles. The van der Waals surface area contributed by atoms with Gasteiger partial charge in [-0.25, -0.2) is 0 Å². The van der Waals surface area contributed by atoms with Crippen molar-refractivity contribution in [1.29, 1.82) is 0 Å². The van der Waals surface area contributed by atoms with Crippen LogP contribution in [0.3, 0.4) is 0 Å². The Labute approximate surface area is 104 Å². The van der Waals surface area contributed by atoms with Crippen LogP contribution in [-0.4, -0.2) is 16.3 Å². The highest BCUT2D eigenvalue weighted by Crippen LogP contribution is 2.41. The van der Waals surface area contributed by atoms with E-state index in [4.69, 9.17) is 0 Å². The third kappa shape index (κ3) is 1.95. The standard InChI is InChI=1S/C11H9BrF3NO/c1-10(17,11(13,14)15)8-5-16-9-4-6(12)2-3-7(8)9/h2-5,16-17H,1H3/t10-/m1/s1. The summed E-state index contributed by atoms with van der Waals surface area (Å²) in [4.78, 5) is 2.72. The maximum Gasteiger partial charge on any atom is 0.421 e. The monoisotopic (exact) mass is 307 g/mol. The highest BCUT2D eigenvalue weighted by Gasteiger charge is 2.52. The lowest BCUT2D eigenvalue weighted by Gasteiger charge is -2.25. The molecular formula is C11H9BrF3NO. The molecule has 17 heavy (non-hydrogen) atoms. The Kier molecular flexibility index (Phi) is 2.74. The van der Waals surface area contributed by atoms with Crippen molar-refractivity contribution >= 4 is 26.8 Å². The number of nitrogens with one attached hydrogen (secondary N) is 1. The molecule has 0 unspecified atom stereocenters. The van der Waals surface area contributed by atoms with Crippen LogP contribution in [0, 0.1) is 0 Å². The maximum atomic E-state index is 12.7. The number of rotatable bonds is 1. The van der Waals surface area contributed by atoms with Gasteiger partial charge in [-0.2, -0.15) is 13.2 Å². The van der Waals surface area contributed by atoms with E-state index in [0.29, 0.717) is 10.9 Å². The fraction of sp³-hybridized carbons (Fsp3) is 0.273. The summed E-state index contributed by atoms with van der Waals surface area (Å²) >= 11 is 3.23. The Morgan fingerprint density at radius 2 is 1.94 bits per heavy atom. The van der Waals surface area contributed by atoms with Gasteiger partial charge in [-0.15, -0.1) is 0 Å². The van der Waals surface area contributed by atoms with Crippen LogP contribution in [0.5, 0.6) is 0 Å². The van der Waals surface area contributed by atoms with Gasteiger partial charge in [-0.05, 0) is 19.1 Å². The number of hydrogen-bond donors (Lipinski definition) is 2. The van der Waals surface area contributed by atoms with Crippen LogP contribution in [0.4, 0.5) is 13.2 Å². The van der Waals surface area contributed by atoms with Crippen molar-refractivity contribution in [3.63, 3.8) is 0 Å². The van der Waals surface area contributed by atoms with E-state index in [0.717, 1.165) is 11.4 Å². The average Bonchev–Trinajstić information content (AvgIpc) is 2.58. The van der Waals surface area contributed by atoms with Crippen molar-refractivity contribution in [3.05, 3.63) is 34.4 Å². The first-order valence-electron chi connectivity index (χ1n) is 4.79. The molecule has 2 aromatic rings. The zero-order valence-electron chi connectivity index (χ0n) is 8.77. The van der Waals surface area contributed by atoms with Gasteiger partial charge >= 0.3 is 6.18 Å². The van der Waals surface area contributed by atoms with Gasteiger partial charge < -0.3 is 10.1 Å². The van der Waals surface area contributed by atoms with E-state index in [1.165, 1.54) is 12.3 Å². The molecule has 1 heterocycles. The molecule has 0 spiro atoms. The second kappa shape index (κ2) is 3.74. The largest absolute Gasteiger partial charge is 0.421 e. The van der Waals surface area contributed by atoms with Crippen LogP contribution in [0.15, 0.2) is 28.9 Å². The fourth-order valence-corrected chi connectivity index (χ4v) is 2.01. The van der Waals surface area contributed by atoms with Gasteiger partial charge in [0.25, 0.3) is 0 Å². The molecule has 0 fully saturated rings. The van der Waals surface area contributed by atoms with E-state index < -0.39 is 11.8 Å². The first kappa shape index (κ1) is 12.4. The minimum Gasteiger partial charge on any atom is -0.376 e. The molecular weight excluding hydrogens is 299 g/mol. The Bertz CT molecular complexity index is 559. The Hall–Kier alpha value is -1.01. The molecule has 1 atom stereocenters. The normalized spacial score (nSPS) is 16.1. The van der Waals surface area contributed by atoms with E-state index in [1.807, 2.05) is 0 Å². The molecule has 0 aliphatic rings. The molecule has 1 aromatic heterocycles. The molecule has 2 N–H and O–H groups in total. The molecule has 0 radical (unpaired) electrons. The molecule has 0 aliphatic carbocycles. The minimum absolute atomic E-state index is 0.174. The van der Waals surface area contributed by atoms with Crippen molar-refractivity contribution < 1.29 is 18.3 Å². The third-order valence-corrected chi connectivity index (χ3v) is 3.21. The number of aromatic nitrogens is 1. The zero-order valence-corrected chi connectivity index (χ0v) is 10.4. The molecule has 0 saturated carbocycles. The van der Waals surface area contributed by atoms with Crippen molar-refractivity contribution in [1.82, 2.24) is 4.98 Å². The third-order valence-electron chi connectivity index (χ3n) is 2.72. The first-order valence-corrected chi connectivity index (χ1v) is 5.59. The number of aromatic amines is 1. The van der Waals surface area contributed by atoms with E-state index in [2.05, 4.69) is 20.9 Å². The van der Waals surface area contributed by atoms with Gasteiger partial charge in [0, 0.05) is 27.1 Å². The molecule has 0 amide bonds. The molecule has 92 valence electrons. The van der Waals surface area contributed by atoms with Crippen molar-refractivity contribution in [2.45, 2.75) is 18.7 Å². The predicted molar refractivity (Wildman–Crippen MR) is 61.6 cm³/mol. The lowest BCUT2D eigenvalue weighted by molar-refractivity contribution is -0.258. The Morgan fingerprint density at radius 1 is 1.29 bits per heavy atom. The number of benzene rings is 1. The Balaban J connectivity index is 2.65. The van der Waals surface area contributed by atoms with E-state index >= 15 is 0 Å². The molecule has 2 rings (SSSR count). The van der Waals surface area contributed by atoms with Crippen molar-refractivity contribution in [2.24, 2.45) is 0 Å². The summed E-state index contributed by atoms with van der Waals surface area (Å²) in [7, 11) is 0. The SMILES string of the molecule is C[C@@](O)(c1c[nH]c2cc(Br)ccc12)C(F)(F)F. The molecule has 2 nitrogen and oxygen atoms in total. The fourth-order valence-electron chi connectivity index (χ4n) is 1.65. The number of alkyl halides is 3. The topological polar surface area (TPSA) is 36.0 Å². The van der Waals surface area contributed by atoms with Crippen molar-refractivity contribution in [3.8, 4) is 0 Å². The van der Waals surface area contributed by atoms with Crippen LogP contribution < -0.4 is 0 Å². The zero-order chi connectivity index (χ0) is 12.8. The van der Waals surface area contributed by atoms with E-state index in [9.17, 15) is 18.3 Å².